The predicted octanol–water partition coefficient (Wildman–Crippen LogP) is 2.28. The van der Waals surface area contributed by atoms with Crippen LogP contribution in [0.5, 0.6) is 0 Å². The smallest absolute Gasteiger partial charge is 0.252 e. The van der Waals surface area contributed by atoms with Gasteiger partial charge in [0.1, 0.15) is 4.21 Å². The Morgan fingerprint density at radius 3 is 2.59 bits per heavy atom. The highest BCUT2D eigenvalue weighted by atomic mass is 32.2. The van der Waals surface area contributed by atoms with Crippen LogP contribution in [0.2, 0.25) is 0 Å². The van der Waals surface area contributed by atoms with Crippen molar-refractivity contribution in [2.24, 2.45) is 5.92 Å². The van der Waals surface area contributed by atoms with Crippen LogP contribution >= 0.6 is 11.3 Å². The maximum atomic E-state index is 12.6. The van der Waals surface area contributed by atoms with Crippen molar-refractivity contribution in [2.45, 2.75) is 31.0 Å². The first kappa shape index (κ1) is 21.5. The summed E-state index contributed by atoms with van der Waals surface area (Å²) in [7, 11) is -0.512. The molecule has 3 rings (SSSR count). The highest BCUT2D eigenvalue weighted by molar-refractivity contribution is 7.91. The number of hydrogen-bond acceptors (Lipinski definition) is 5. The van der Waals surface area contributed by atoms with Gasteiger partial charge in [-0.25, -0.2) is 12.7 Å². The van der Waals surface area contributed by atoms with Gasteiger partial charge in [0.2, 0.25) is 11.8 Å². The van der Waals surface area contributed by atoms with E-state index in [1.807, 2.05) is 32.0 Å². The number of aryl methyl sites for hydroxylation is 2. The highest BCUT2D eigenvalue weighted by Gasteiger charge is 2.35. The Balaban J connectivity index is 1.61. The number of nitrogens with zero attached hydrogens (tertiary/aromatic N) is 2. The van der Waals surface area contributed by atoms with Gasteiger partial charge in [-0.1, -0.05) is 6.07 Å². The van der Waals surface area contributed by atoms with E-state index >= 15 is 0 Å². The first-order chi connectivity index (χ1) is 13.6. The normalized spacial score (nSPS) is 17.2. The molecule has 29 heavy (non-hydrogen) atoms. The summed E-state index contributed by atoms with van der Waals surface area (Å²) in [6.07, 6.45) is 0.170. The van der Waals surface area contributed by atoms with Crippen molar-refractivity contribution in [3.05, 3.63) is 46.3 Å². The van der Waals surface area contributed by atoms with E-state index in [4.69, 9.17) is 0 Å². The Morgan fingerprint density at radius 2 is 1.93 bits per heavy atom. The molecule has 0 spiro atoms. The van der Waals surface area contributed by atoms with Crippen LogP contribution in [0.3, 0.4) is 0 Å². The summed E-state index contributed by atoms with van der Waals surface area (Å²) in [5, 5.41) is 2.83. The van der Waals surface area contributed by atoms with Crippen LogP contribution < -0.4 is 10.2 Å². The third-order valence-electron chi connectivity index (χ3n) is 5.11. The van der Waals surface area contributed by atoms with Crippen molar-refractivity contribution in [3.8, 4) is 0 Å². The van der Waals surface area contributed by atoms with E-state index in [2.05, 4.69) is 5.32 Å². The van der Waals surface area contributed by atoms with E-state index < -0.39 is 15.9 Å². The lowest BCUT2D eigenvalue weighted by Gasteiger charge is -2.18. The highest BCUT2D eigenvalue weighted by Crippen LogP contribution is 2.27. The summed E-state index contributed by atoms with van der Waals surface area (Å²) in [6.45, 7) is 4.59. The molecular formula is C20H25N3O4S2. The van der Waals surface area contributed by atoms with Gasteiger partial charge in [0, 0.05) is 37.6 Å². The average molecular weight is 436 g/mol. The molecule has 0 radical (unpaired) electrons. The van der Waals surface area contributed by atoms with E-state index in [-0.39, 0.29) is 29.0 Å². The van der Waals surface area contributed by atoms with E-state index in [1.54, 1.807) is 17.0 Å². The van der Waals surface area contributed by atoms with Crippen molar-refractivity contribution in [1.29, 1.82) is 0 Å². The summed E-state index contributed by atoms with van der Waals surface area (Å²) >= 11 is 1.13. The van der Waals surface area contributed by atoms with E-state index in [0.717, 1.165) is 37.3 Å². The fraction of sp³-hybridized carbons (Fsp3) is 0.400. The Labute approximate surface area is 175 Å². The van der Waals surface area contributed by atoms with Crippen LogP contribution in [0.1, 0.15) is 22.4 Å². The number of sulfonamides is 1. The van der Waals surface area contributed by atoms with Gasteiger partial charge in [-0.05, 0) is 49.2 Å². The molecule has 1 fully saturated rings. The first-order valence-corrected chi connectivity index (χ1v) is 11.5. The summed E-state index contributed by atoms with van der Waals surface area (Å²) in [6, 6.07) is 9.08. The lowest BCUT2D eigenvalue weighted by Crippen LogP contribution is -2.32. The fourth-order valence-corrected chi connectivity index (χ4v) is 5.58. The molecule has 2 heterocycles. The molecule has 0 unspecified atom stereocenters. The minimum atomic E-state index is -3.47. The number of amides is 2. The quantitative estimate of drug-likeness (QED) is 0.754. The number of benzene rings is 1. The topological polar surface area (TPSA) is 86.8 Å². The molecule has 156 valence electrons. The molecule has 1 aliphatic heterocycles. The van der Waals surface area contributed by atoms with E-state index in [1.165, 1.54) is 14.1 Å². The van der Waals surface area contributed by atoms with E-state index in [9.17, 15) is 18.0 Å². The van der Waals surface area contributed by atoms with Gasteiger partial charge >= 0.3 is 0 Å². The summed E-state index contributed by atoms with van der Waals surface area (Å²) in [5.74, 6) is -0.687. The minimum absolute atomic E-state index is 0.0658. The Kier molecular flexibility index (Phi) is 6.11. The van der Waals surface area contributed by atoms with Crippen molar-refractivity contribution in [2.75, 3.05) is 25.5 Å². The molecule has 1 aromatic carbocycles. The lowest BCUT2D eigenvalue weighted by atomic mass is 10.1. The van der Waals surface area contributed by atoms with Crippen molar-refractivity contribution in [3.63, 3.8) is 0 Å². The molecule has 0 aliphatic carbocycles. The third kappa shape index (κ3) is 4.52. The predicted molar refractivity (Wildman–Crippen MR) is 113 cm³/mol. The molecule has 1 saturated heterocycles. The molecule has 2 aromatic rings. The van der Waals surface area contributed by atoms with Gasteiger partial charge in [-0.2, -0.15) is 0 Å². The van der Waals surface area contributed by atoms with Gasteiger partial charge in [0.25, 0.3) is 10.0 Å². The number of carbonyl (C=O) groups excluding carboxylic acids is 2. The first-order valence-electron chi connectivity index (χ1n) is 9.26. The second kappa shape index (κ2) is 8.25. The molecule has 1 aromatic heterocycles. The zero-order chi connectivity index (χ0) is 21.3. The number of carbonyl (C=O) groups is 2. The molecule has 9 heteroatoms. The van der Waals surface area contributed by atoms with Crippen LogP contribution in [0.25, 0.3) is 0 Å². The van der Waals surface area contributed by atoms with Crippen LogP contribution in [0, 0.1) is 19.8 Å². The lowest BCUT2D eigenvalue weighted by molar-refractivity contribution is -0.126. The minimum Gasteiger partial charge on any atom is -0.351 e. The molecule has 0 saturated carbocycles. The van der Waals surface area contributed by atoms with Crippen LogP contribution in [-0.4, -0.2) is 45.2 Å². The Hall–Kier alpha value is -2.23. The van der Waals surface area contributed by atoms with Crippen LogP contribution in [0.15, 0.2) is 34.5 Å². The van der Waals surface area contributed by atoms with Crippen LogP contribution in [-0.2, 0) is 26.2 Å². The maximum absolute atomic E-state index is 12.6. The second-order valence-corrected chi connectivity index (χ2v) is 10.9. The Bertz CT molecular complexity index is 1040. The summed E-state index contributed by atoms with van der Waals surface area (Å²) < 4.78 is 25.7. The van der Waals surface area contributed by atoms with E-state index in [0.29, 0.717) is 6.54 Å². The van der Waals surface area contributed by atoms with Gasteiger partial charge < -0.3 is 10.2 Å². The number of hydrogen-bond donors (Lipinski definition) is 1. The van der Waals surface area contributed by atoms with Crippen molar-refractivity contribution >= 4 is 38.9 Å². The molecule has 1 atom stereocenters. The zero-order valence-corrected chi connectivity index (χ0v) is 18.6. The standard InChI is InChI=1S/C20H25N3O4S2/c1-13-5-6-16(9-14(13)2)23-12-15(10-18(23)24)20(25)21-11-17-7-8-19(28-17)29(26,27)22(3)4/h5-9,15H,10-12H2,1-4H3,(H,21,25)/t15-/m0/s1. The number of rotatable bonds is 6. The Morgan fingerprint density at radius 1 is 1.21 bits per heavy atom. The zero-order valence-electron chi connectivity index (χ0n) is 16.9. The van der Waals surface area contributed by atoms with Gasteiger partial charge in [-0.15, -0.1) is 11.3 Å². The maximum Gasteiger partial charge on any atom is 0.252 e. The monoisotopic (exact) mass is 435 g/mol. The summed E-state index contributed by atoms with van der Waals surface area (Å²) in [4.78, 5) is 27.4. The largest absolute Gasteiger partial charge is 0.351 e. The number of anilines is 1. The molecule has 1 N–H and O–H groups in total. The third-order valence-corrected chi connectivity index (χ3v) is 8.47. The molecule has 1 aliphatic rings. The average Bonchev–Trinajstić information content (AvgIpc) is 3.29. The van der Waals surface area contributed by atoms with Gasteiger partial charge in [-0.3, -0.25) is 9.59 Å². The molecule has 0 bridgehead atoms. The SMILES string of the molecule is Cc1ccc(N2C[C@@H](C(=O)NCc3ccc(S(=O)(=O)N(C)C)s3)CC2=O)cc1C. The second-order valence-electron chi connectivity index (χ2n) is 7.40. The number of thiophene rings is 1. The molecular weight excluding hydrogens is 410 g/mol. The van der Waals surface area contributed by atoms with Crippen molar-refractivity contribution < 1.29 is 18.0 Å². The van der Waals surface area contributed by atoms with Crippen LogP contribution in [0.4, 0.5) is 5.69 Å². The van der Waals surface area contributed by atoms with Crippen molar-refractivity contribution in [1.82, 2.24) is 9.62 Å². The van der Waals surface area contributed by atoms with Gasteiger partial charge in [0.05, 0.1) is 12.5 Å². The number of nitrogens with one attached hydrogen (secondary N) is 1. The van der Waals surface area contributed by atoms with Gasteiger partial charge in [0.15, 0.2) is 0 Å². The molecule has 2 amide bonds. The fourth-order valence-electron chi connectivity index (χ4n) is 3.12. The molecule has 7 nitrogen and oxygen atoms in total. The summed E-state index contributed by atoms with van der Waals surface area (Å²) in [5.41, 5.74) is 3.07.